The summed E-state index contributed by atoms with van der Waals surface area (Å²) in [6.45, 7) is 0.283. The number of likely N-dealkylation sites (N-methyl/N-ethyl adjacent to an activating group) is 1. The van der Waals surface area contributed by atoms with Crippen LogP contribution < -0.4 is 9.64 Å². The van der Waals surface area contributed by atoms with Gasteiger partial charge in [0.15, 0.2) is 0 Å². The quantitative estimate of drug-likeness (QED) is 0.489. The third-order valence-electron chi connectivity index (χ3n) is 5.54. The van der Waals surface area contributed by atoms with Gasteiger partial charge in [0.2, 0.25) is 0 Å². The first-order valence-corrected chi connectivity index (χ1v) is 10.7. The standard InChI is InChI=1S/C26H23ClN2O3/c1-28(21-6-4-3-5-7-21)24-23(19-10-14-22(32-2)15-11-19)25(30)29(26(24)31)17-16-18-8-12-20(27)13-9-18/h3-15H,16-17H2,1-2H3. The number of carbonyl (C=O) groups is 2. The van der Waals surface area contributed by atoms with Gasteiger partial charge in [0.05, 0.1) is 12.7 Å². The minimum Gasteiger partial charge on any atom is -0.497 e. The van der Waals surface area contributed by atoms with E-state index in [4.69, 9.17) is 16.3 Å². The average molecular weight is 447 g/mol. The van der Waals surface area contributed by atoms with Gasteiger partial charge < -0.3 is 9.64 Å². The molecule has 0 bridgehead atoms. The number of carbonyl (C=O) groups excluding carboxylic acids is 2. The maximum Gasteiger partial charge on any atom is 0.278 e. The smallest absolute Gasteiger partial charge is 0.278 e. The zero-order valence-corrected chi connectivity index (χ0v) is 18.7. The van der Waals surface area contributed by atoms with Crippen molar-refractivity contribution >= 4 is 34.7 Å². The van der Waals surface area contributed by atoms with Gasteiger partial charge in [-0.25, -0.2) is 0 Å². The van der Waals surface area contributed by atoms with Crippen LogP contribution in [0.4, 0.5) is 5.69 Å². The SMILES string of the molecule is COc1ccc(C2=C(N(C)c3ccccc3)C(=O)N(CCc3ccc(Cl)cc3)C2=O)cc1. The average Bonchev–Trinajstić information content (AvgIpc) is 3.08. The molecule has 5 nitrogen and oxygen atoms in total. The topological polar surface area (TPSA) is 49.9 Å². The number of hydrogen-bond acceptors (Lipinski definition) is 4. The fourth-order valence-electron chi connectivity index (χ4n) is 3.77. The minimum atomic E-state index is -0.305. The van der Waals surface area contributed by atoms with E-state index in [0.29, 0.717) is 34.0 Å². The highest BCUT2D eigenvalue weighted by atomic mass is 35.5. The number of anilines is 1. The summed E-state index contributed by atoms with van der Waals surface area (Å²) in [6.07, 6.45) is 0.548. The molecule has 2 amide bonds. The molecule has 0 aromatic heterocycles. The first-order chi connectivity index (χ1) is 15.5. The predicted octanol–water partition coefficient (Wildman–Crippen LogP) is 4.81. The molecule has 1 aliphatic rings. The fourth-order valence-corrected chi connectivity index (χ4v) is 3.89. The fraction of sp³-hybridized carbons (Fsp3) is 0.154. The lowest BCUT2D eigenvalue weighted by molar-refractivity contribution is -0.136. The van der Waals surface area contributed by atoms with Crippen LogP contribution in [0.3, 0.4) is 0 Å². The number of nitrogens with zero attached hydrogens (tertiary/aromatic N) is 2. The number of methoxy groups -OCH3 is 1. The molecular formula is C26H23ClN2O3. The Balaban J connectivity index is 1.69. The largest absolute Gasteiger partial charge is 0.497 e. The number of benzene rings is 3. The number of rotatable bonds is 7. The molecule has 3 aromatic rings. The van der Waals surface area contributed by atoms with Crippen molar-refractivity contribution in [2.45, 2.75) is 6.42 Å². The highest BCUT2D eigenvalue weighted by Gasteiger charge is 2.40. The first kappa shape index (κ1) is 21.7. The summed E-state index contributed by atoms with van der Waals surface area (Å²) in [4.78, 5) is 30.0. The van der Waals surface area contributed by atoms with E-state index in [1.807, 2.05) is 49.5 Å². The lowest BCUT2D eigenvalue weighted by Crippen LogP contribution is -2.35. The highest BCUT2D eigenvalue weighted by molar-refractivity contribution is 6.36. The molecule has 32 heavy (non-hydrogen) atoms. The van der Waals surface area contributed by atoms with E-state index in [9.17, 15) is 9.59 Å². The molecule has 0 spiro atoms. The minimum absolute atomic E-state index is 0.283. The van der Waals surface area contributed by atoms with Crippen molar-refractivity contribution in [3.8, 4) is 5.75 Å². The van der Waals surface area contributed by atoms with E-state index in [0.717, 1.165) is 11.3 Å². The normalized spacial score (nSPS) is 13.7. The molecule has 0 saturated carbocycles. The first-order valence-electron chi connectivity index (χ1n) is 10.3. The molecule has 1 heterocycles. The van der Waals surface area contributed by atoms with Gasteiger partial charge in [-0.1, -0.05) is 54.1 Å². The zero-order chi connectivity index (χ0) is 22.7. The summed E-state index contributed by atoms with van der Waals surface area (Å²) in [5.74, 6) is 0.0803. The van der Waals surface area contributed by atoms with Gasteiger partial charge in [-0.15, -0.1) is 0 Å². The van der Waals surface area contributed by atoms with E-state index >= 15 is 0 Å². The number of imide groups is 1. The van der Waals surface area contributed by atoms with Gasteiger partial charge >= 0.3 is 0 Å². The van der Waals surface area contributed by atoms with Crippen molar-refractivity contribution in [3.63, 3.8) is 0 Å². The predicted molar refractivity (Wildman–Crippen MR) is 127 cm³/mol. The van der Waals surface area contributed by atoms with E-state index in [-0.39, 0.29) is 18.4 Å². The molecule has 1 aliphatic heterocycles. The van der Waals surface area contributed by atoms with Crippen LogP contribution in [0.15, 0.2) is 84.6 Å². The van der Waals surface area contributed by atoms with Crippen LogP contribution in [0.1, 0.15) is 11.1 Å². The van der Waals surface area contributed by atoms with Gasteiger partial charge in [0.25, 0.3) is 11.8 Å². The maximum atomic E-state index is 13.5. The van der Waals surface area contributed by atoms with Gasteiger partial charge in [-0.3, -0.25) is 14.5 Å². The van der Waals surface area contributed by atoms with Gasteiger partial charge in [0, 0.05) is 24.3 Å². The van der Waals surface area contributed by atoms with Crippen LogP contribution in [0.5, 0.6) is 5.75 Å². The summed E-state index contributed by atoms with van der Waals surface area (Å²) in [5.41, 5.74) is 3.26. The number of ether oxygens (including phenoxy) is 1. The summed E-state index contributed by atoms with van der Waals surface area (Å²) in [7, 11) is 3.40. The lowest BCUT2D eigenvalue weighted by atomic mass is 10.0. The van der Waals surface area contributed by atoms with Crippen LogP contribution in [0.25, 0.3) is 5.57 Å². The molecule has 0 aliphatic carbocycles. The van der Waals surface area contributed by atoms with Crippen molar-refractivity contribution in [1.82, 2.24) is 4.90 Å². The number of halogens is 1. The van der Waals surface area contributed by atoms with Crippen LogP contribution in [0, 0.1) is 0 Å². The maximum absolute atomic E-state index is 13.5. The van der Waals surface area contributed by atoms with Gasteiger partial charge in [-0.2, -0.15) is 0 Å². The van der Waals surface area contributed by atoms with Crippen molar-refractivity contribution < 1.29 is 14.3 Å². The molecule has 0 saturated heterocycles. The van der Waals surface area contributed by atoms with Crippen molar-refractivity contribution in [2.75, 3.05) is 25.6 Å². The monoisotopic (exact) mass is 446 g/mol. The Morgan fingerprint density at radius 2 is 1.53 bits per heavy atom. The third kappa shape index (κ3) is 4.25. The zero-order valence-electron chi connectivity index (χ0n) is 17.9. The van der Waals surface area contributed by atoms with E-state index in [1.54, 1.807) is 48.4 Å². The van der Waals surface area contributed by atoms with Gasteiger partial charge in [-0.05, 0) is 53.9 Å². The van der Waals surface area contributed by atoms with Crippen LogP contribution in [0.2, 0.25) is 5.02 Å². The molecule has 6 heteroatoms. The second-order valence-corrected chi connectivity index (χ2v) is 7.92. The molecule has 0 atom stereocenters. The molecule has 0 unspecified atom stereocenters. The third-order valence-corrected chi connectivity index (χ3v) is 5.79. The van der Waals surface area contributed by atoms with E-state index < -0.39 is 0 Å². The van der Waals surface area contributed by atoms with Gasteiger partial charge in [0.1, 0.15) is 11.4 Å². The van der Waals surface area contributed by atoms with Crippen molar-refractivity contribution in [2.24, 2.45) is 0 Å². The summed E-state index contributed by atoms with van der Waals surface area (Å²) in [6, 6.07) is 24.1. The second kappa shape index (κ2) is 9.28. The lowest BCUT2D eigenvalue weighted by Gasteiger charge is -2.21. The molecule has 162 valence electrons. The number of hydrogen-bond donors (Lipinski definition) is 0. The Hall–Kier alpha value is -3.57. The van der Waals surface area contributed by atoms with E-state index in [2.05, 4.69) is 0 Å². The Morgan fingerprint density at radius 1 is 0.875 bits per heavy atom. The van der Waals surface area contributed by atoms with Crippen molar-refractivity contribution in [3.05, 3.63) is 101 Å². The molecule has 0 radical (unpaired) electrons. The second-order valence-electron chi connectivity index (χ2n) is 7.49. The Kier molecular flexibility index (Phi) is 6.28. The summed E-state index contributed by atoms with van der Waals surface area (Å²) < 4.78 is 5.24. The Labute approximate surface area is 192 Å². The number of amides is 2. The van der Waals surface area contributed by atoms with Crippen LogP contribution in [-0.4, -0.2) is 37.4 Å². The Morgan fingerprint density at radius 3 is 2.16 bits per heavy atom. The summed E-state index contributed by atoms with van der Waals surface area (Å²) in [5, 5.41) is 0.650. The molecule has 0 N–H and O–H groups in total. The number of para-hydroxylation sites is 1. The highest BCUT2D eigenvalue weighted by Crippen LogP contribution is 2.34. The molecule has 0 fully saturated rings. The molecule has 4 rings (SSSR count). The van der Waals surface area contributed by atoms with E-state index in [1.165, 1.54) is 4.90 Å². The van der Waals surface area contributed by atoms with Crippen LogP contribution in [-0.2, 0) is 16.0 Å². The Bertz CT molecular complexity index is 1160. The van der Waals surface area contributed by atoms with Crippen molar-refractivity contribution in [1.29, 1.82) is 0 Å². The molecular weight excluding hydrogens is 424 g/mol. The molecule has 3 aromatic carbocycles. The van der Waals surface area contributed by atoms with Crippen LogP contribution >= 0.6 is 11.6 Å². The summed E-state index contributed by atoms with van der Waals surface area (Å²) >= 11 is 5.97.